The highest BCUT2D eigenvalue weighted by Crippen LogP contribution is 2.29. The van der Waals surface area contributed by atoms with Gasteiger partial charge in [-0.2, -0.15) is 9.97 Å². The Hall–Kier alpha value is -1.80. The maximum Gasteiger partial charge on any atom is 0.255 e. The van der Waals surface area contributed by atoms with Crippen molar-refractivity contribution >= 4 is 0 Å². The van der Waals surface area contributed by atoms with Crippen LogP contribution in [0.4, 0.5) is 0 Å². The molecule has 136 valence electrons. The van der Waals surface area contributed by atoms with Gasteiger partial charge in [-0.3, -0.25) is 4.90 Å². The molecular weight excluding hydrogens is 322 g/mol. The third kappa shape index (κ3) is 3.74. The van der Waals surface area contributed by atoms with Crippen molar-refractivity contribution in [3.63, 3.8) is 0 Å². The van der Waals surface area contributed by atoms with Gasteiger partial charge in [0.25, 0.3) is 5.89 Å². The zero-order valence-electron chi connectivity index (χ0n) is 14.8. The topological polar surface area (TPSA) is 90.3 Å². The third-order valence-electron chi connectivity index (χ3n) is 4.96. The van der Waals surface area contributed by atoms with E-state index in [1.807, 2.05) is 0 Å². The van der Waals surface area contributed by atoms with Crippen molar-refractivity contribution in [1.82, 2.24) is 25.2 Å². The van der Waals surface area contributed by atoms with Gasteiger partial charge in [-0.15, -0.1) is 0 Å². The fourth-order valence-electron chi connectivity index (χ4n) is 3.42. The van der Waals surface area contributed by atoms with Crippen molar-refractivity contribution < 1.29 is 13.8 Å². The number of hydrogen-bond donors (Lipinski definition) is 0. The van der Waals surface area contributed by atoms with Crippen LogP contribution in [0.5, 0.6) is 0 Å². The van der Waals surface area contributed by atoms with E-state index in [2.05, 4.69) is 39.0 Å². The fourth-order valence-corrected chi connectivity index (χ4v) is 3.42. The summed E-state index contributed by atoms with van der Waals surface area (Å²) in [5.41, 5.74) is 0. The Morgan fingerprint density at radius 2 is 1.84 bits per heavy atom. The molecule has 0 radical (unpaired) electrons. The van der Waals surface area contributed by atoms with Crippen LogP contribution in [0.25, 0.3) is 0 Å². The zero-order chi connectivity index (χ0) is 17.2. The number of hydrogen-bond acceptors (Lipinski definition) is 8. The Kier molecular flexibility index (Phi) is 4.80. The highest BCUT2D eigenvalue weighted by molar-refractivity contribution is 4.99. The molecule has 0 aromatic carbocycles. The molecule has 8 heteroatoms. The molecule has 0 N–H and O–H groups in total. The molecule has 2 aliphatic rings. The normalized spacial score (nSPS) is 22.9. The van der Waals surface area contributed by atoms with Crippen LogP contribution in [0.2, 0.25) is 0 Å². The first-order valence-corrected chi connectivity index (χ1v) is 9.19. The van der Waals surface area contributed by atoms with E-state index < -0.39 is 0 Å². The van der Waals surface area contributed by atoms with Crippen LogP contribution in [0.1, 0.15) is 80.9 Å². The molecule has 0 bridgehead atoms. The predicted molar refractivity (Wildman–Crippen MR) is 87.9 cm³/mol. The Morgan fingerprint density at radius 1 is 1.04 bits per heavy atom. The Balaban J connectivity index is 1.30. The van der Waals surface area contributed by atoms with Crippen molar-refractivity contribution in [2.45, 2.75) is 64.0 Å². The molecule has 0 amide bonds. The van der Waals surface area contributed by atoms with Gasteiger partial charge in [-0.05, 0) is 38.8 Å². The van der Waals surface area contributed by atoms with Crippen molar-refractivity contribution in [1.29, 1.82) is 0 Å². The molecule has 0 spiro atoms. The van der Waals surface area contributed by atoms with Crippen LogP contribution >= 0.6 is 0 Å². The maximum absolute atomic E-state index is 5.59. The van der Waals surface area contributed by atoms with Gasteiger partial charge in [-0.25, -0.2) is 0 Å². The molecule has 1 unspecified atom stereocenters. The monoisotopic (exact) mass is 347 g/mol. The van der Waals surface area contributed by atoms with E-state index in [1.54, 1.807) is 0 Å². The summed E-state index contributed by atoms with van der Waals surface area (Å²) in [6.45, 7) is 7.58. The van der Waals surface area contributed by atoms with E-state index in [-0.39, 0.29) is 6.10 Å². The number of likely N-dealkylation sites (tertiary alicyclic amines) is 1. The highest BCUT2D eigenvalue weighted by atomic mass is 16.5. The molecule has 25 heavy (non-hydrogen) atoms. The van der Waals surface area contributed by atoms with Crippen molar-refractivity contribution in [3.05, 3.63) is 23.4 Å². The average Bonchev–Trinajstić information content (AvgIpc) is 3.36. The molecule has 1 atom stereocenters. The SMILES string of the molecule is CC(C)c1noc(C2CCN(Cc3noc(C4CCCO4)n3)CC2)n1. The van der Waals surface area contributed by atoms with E-state index in [0.29, 0.717) is 24.3 Å². The quantitative estimate of drug-likeness (QED) is 0.815. The van der Waals surface area contributed by atoms with Crippen LogP contribution < -0.4 is 0 Å². The standard InChI is InChI=1S/C17H25N5O3/c1-11(2)15-19-16(24-21-15)12-5-7-22(8-6-12)10-14-18-17(25-20-14)13-4-3-9-23-13/h11-13H,3-10H2,1-2H3. The second-order valence-electron chi connectivity index (χ2n) is 7.25. The maximum atomic E-state index is 5.59. The van der Waals surface area contributed by atoms with Crippen LogP contribution in [-0.4, -0.2) is 44.9 Å². The second kappa shape index (κ2) is 7.21. The van der Waals surface area contributed by atoms with Crippen molar-refractivity contribution in [3.8, 4) is 0 Å². The smallest absolute Gasteiger partial charge is 0.255 e. The lowest BCUT2D eigenvalue weighted by Crippen LogP contribution is -2.32. The van der Waals surface area contributed by atoms with Gasteiger partial charge in [0.1, 0.15) is 6.10 Å². The molecule has 2 fully saturated rings. The lowest BCUT2D eigenvalue weighted by atomic mass is 9.97. The van der Waals surface area contributed by atoms with E-state index in [9.17, 15) is 0 Å². The van der Waals surface area contributed by atoms with Gasteiger partial charge in [-0.1, -0.05) is 24.2 Å². The molecule has 2 aromatic rings. The van der Waals surface area contributed by atoms with E-state index in [4.69, 9.17) is 13.8 Å². The minimum Gasteiger partial charge on any atom is -0.368 e. The second-order valence-corrected chi connectivity index (χ2v) is 7.25. The third-order valence-corrected chi connectivity index (χ3v) is 4.96. The van der Waals surface area contributed by atoms with Gasteiger partial charge in [0.15, 0.2) is 11.6 Å². The number of ether oxygens (including phenoxy) is 1. The molecule has 4 heterocycles. The van der Waals surface area contributed by atoms with Crippen LogP contribution in [0, 0.1) is 0 Å². The first-order chi connectivity index (χ1) is 12.2. The summed E-state index contributed by atoms with van der Waals surface area (Å²) in [7, 11) is 0. The highest BCUT2D eigenvalue weighted by Gasteiger charge is 2.28. The van der Waals surface area contributed by atoms with Crippen LogP contribution in [0.15, 0.2) is 9.05 Å². The minimum atomic E-state index is -0.0142. The summed E-state index contributed by atoms with van der Waals surface area (Å²) in [4.78, 5) is 11.4. The lowest BCUT2D eigenvalue weighted by Gasteiger charge is -2.29. The number of aromatic nitrogens is 4. The van der Waals surface area contributed by atoms with Crippen molar-refractivity contribution in [2.24, 2.45) is 0 Å². The lowest BCUT2D eigenvalue weighted by molar-refractivity contribution is 0.0835. The van der Waals surface area contributed by atoms with Crippen LogP contribution in [-0.2, 0) is 11.3 Å². The van der Waals surface area contributed by atoms with Gasteiger partial charge < -0.3 is 13.8 Å². The molecule has 8 nitrogen and oxygen atoms in total. The van der Waals surface area contributed by atoms with Gasteiger partial charge >= 0.3 is 0 Å². The van der Waals surface area contributed by atoms with Crippen LogP contribution in [0.3, 0.4) is 0 Å². The van der Waals surface area contributed by atoms with Crippen molar-refractivity contribution in [2.75, 3.05) is 19.7 Å². The number of rotatable bonds is 5. The summed E-state index contributed by atoms with van der Waals surface area (Å²) < 4.78 is 16.4. The molecule has 2 aliphatic heterocycles. The summed E-state index contributed by atoms with van der Waals surface area (Å²) in [6.07, 6.45) is 4.03. The van der Waals surface area contributed by atoms with E-state index in [0.717, 1.165) is 62.9 Å². The first kappa shape index (κ1) is 16.7. The largest absolute Gasteiger partial charge is 0.368 e. The fraction of sp³-hybridized carbons (Fsp3) is 0.765. The minimum absolute atomic E-state index is 0.0142. The van der Waals surface area contributed by atoms with E-state index >= 15 is 0 Å². The number of piperidine rings is 1. The van der Waals surface area contributed by atoms with Gasteiger partial charge in [0.05, 0.1) is 6.54 Å². The van der Waals surface area contributed by atoms with Gasteiger partial charge in [0.2, 0.25) is 5.89 Å². The Bertz CT molecular complexity index is 684. The zero-order valence-corrected chi connectivity index (χ0v) is 14.8. The Labute approximate surface area is 146 Å². The predicted octanol–water partition coefficient (Wildman–Crippen LogP) is 2.81. The first-order valence-electron chi connectivity index (χ1n) is 9.19. The summed E-state index contributed by atoms with van der Waals surface area (Å²) in [6, 6.07) is 0. The van der Waals surface area contributed by atoms with E-state index in [1.165, 1.54) is 0 Å². The number of nitrogens with zero attached hydrogens (tertiary/aromatic N) is 5. The summed E-state index contributed by atoms with van der Waals surface area (Å²) >= 11 is 0. The molecule has 2 aromatic heterocycles. The molecule has 2 saturated heterocycles. The molecule has 4 rings (SSSR count). The Morgan fingerprint density at radius 3 is 2.52 bits per heavy atom. The van der Waals surface area contributed by atoms with Gasteiger partial charge in [0, 0.05) is 18.4 Å². The average molecular weight is 347 g/mol. The molecule has 0 aliphatic carbocycles. The summed E-state index contributed by atoms with van der Waals surface area (Å²) in [5.74, 6) is 3.59. The molecule has 0 saturated carbocycles. The summed E-state index contributed by atoms with van der Waals surface area (Å²) in [5, 5.41) is 8.18. The molecular formula is C17H25N5O3.